The monoisotopic (exact) mass is 380 g/mol. The van der Waals surface area contributed by atoms with E-state index in [0.29, 0.717) is 43.3 Å². The van der Waals surface area contributed by atoms with Gasteiger partial charge >= 0.3 is 0 Å². The van der Waals surface area contributed by atoms with Gasteiger partial charge in [-0.3, -0.25) is 14.0 Å². The molecule has 0 aliphatic carbocycles. The molecule has 1 aromatic carbocycles. The Morgan fingerprint density at radius 3 is 2.75 bits per heavy atom. The van der Waals surface area contributed by atoms with E-state index in [0.717, 1.165) is 0 Å². The third-order valence-electron chi connectivity index (χ3n) is 4.58. The molecule has 1 aliphatic heterocycles. The van der Waals surface area contributed by atoms with Crippen LogP contribution in [0, 0.1) is 0 Å². The highest BCUT2D eigenvalue weighted by molar-refractivity contribution is 6.06. The van der Waals surface area contributed by atoms with Crippen molar-refractivity contribution < 1.29 is 19.1 Å². The van der Waals surface area contributed by atoms with Crippen LogP contribution in [0.1, 0.15) is 21.1 Å². The van der Waals surface area contributed by atoms with E-state index in [2.05, 4.69) is 10.3 Å². The molecule has 4 rings (SSSR count). The normalized spacial score (nSPS) is 14.1. The number of benzene rings is 1. The van der Waals surface area contributed by atoms with Crippen LogP contribution in [0.3, 0.4) is 0 Å². The summed E-state index contributed by atoms with van der Waals surface area (Å²) in [5.74, 6) is 0.173. The van der Waals surface area contributed by atoms with Crippen LogP contribution < -0.4 is 10.1 Å². The lowest BCUT2D eigenvalue weighted by molar-refractivity contribution is 0.0300. The van der Waals surface area contributed by atoms with Gasteiger partial charge in [-0.15, -0.1) is 0 Å². The number of anilines is 1. The average Bonchev–Trinajstić information content (AvgIpc) is 3.14. The van der Waals surface area contributed by atoms with Crippen molar-refractivity contribution in [3.05, 3.63) is 60.2 Å². The summed E-state index contributed by atoms with van der Waals surface area (Å²) in [6.07, 6.45) is 1.72. The van der Waals surface area contributed by atoms with Crippen LogP contribution in [0.5, 0.6) is 5.75 Å². The predicted molar refractivity (Wildman–Crippen MR) is 103 cm³/mol. The largest absolute Gasteiger partial charge is 0.497 e. The van der Waals surface area contributed by atoms with Crippen LogP contribution >= 0.6 is 0 Å². The summed E-state index contributed by atoms with van der Waals surface area (Å²) in [6.45, 7) is 2.02. The maximum Gasteiger partial charge on any atom is 0.292 e. The first kappa shape index (κ1) is 18.0. The highest BCUT2D eigenvalue weighted by Crippen LogP contribution is 2.20. The number of methoxy groups -OCH3 is 1. The summed E-state index contributed by atoms with van der Waals surface area (Å²) in [6, 6.07) is 12.4. The lowest BCUT2D eigenvalue weighted by atomic mass is 10.3. The fourth-order valence-corrected chi connectivity index (χ4v) is 3.16. The zero-order valence-corrected chi connectivity index (χ0v) is 15.4. The number of nitrogens with zero attached hydrogens (tertiary/aromatic N) is 3. The number of amides is 2. The standard InChI is InChI=1S/C20H20N4O4/c1-27-15-6-4-5-14(13-15)21-19(25)18-22-17(16-7-2-3-8-24(16)18)20(26)23-9-11-28-12-10-23/h2-8,13H,9-12H2,1H3,(H,21,25). The van der Waals surface area contributed by atoms with Gasteiger partial charge in [0.2, 0.25) is 5.82 Å². The van der Waals surface area contributed by atoms with Crippen LogP contribution in [0.2, 0.25) is 0 Å². The summed E-state index contributed by atoms with van der Waals surface area (Å²) in [5.41, 5.74) is 1.44. The number of nitrogens with one attached hydrogen (secondary N) is 1. The molecule has 1 N–H and O–H groups in total. The van der Waals surface area contributed by atoms with E-state index in [1.807, 2.05) is 6.07 Å². The van der Waals surface area contributed by atoms with Gasteiger partial charge in [-0.2, -0.15) is 0 Å². The van der Waals surface area contributed by atoms with Crippen molar-refractivity contribution in [3.8, 4) is 5.75 Å². The minimum absolute atomic E-state index is 0.148. The zero-order chi connectivity index (χ0) is 19.5. The number of hydrogen-bond donors (Lipinski definition) is 1. The van der Waals surface area contributed by atoms with E-state index in [4.69, 9.17) is 9.47 Å². The van der Waals surface area contributed by atoms with Gasteiger partial charge in [-0.25, -0.2) is 4.98 Å². The second-order valence-electron chi connectivity index (χ2n) is 6.33. The average molecular weight is 380 g/mol. The number of aromatic nitrogens is 2. The van der Waals surface area contributed by atoms with Crippen molar-refractivity contribution in [2.24, 2.45) is 0 Å². The number of ether oxygens (including phenoxy) is 2. The molecule has 0 radical (unpaired) electrons. The van der Waals surface area contributed by atoms with E-state index < -0.39 is 5.91 Å². The first-order valence-electron chi connectivity index (χ1n) is 8.97. The molecule has 3 heterocycles. The molecule has 3 aromatic rings. The molecular formula is C20H20N4O4. The molecule has 8 heteroatoms. The minimum Gasteiger partial charge on any atom is -0.497 e. The smallest absolute Gasteiger partial charge is 0.292 e. The van der Waals surface area contributed by atoms with Crippen molar-refractivity contribution in [2.45, 2.75) is 0 Å². The van der Waals surface area contributed by atoms with Crippen molar-refractivity contribution in [3.63, 3.8) is 0 Å². The molecule has 1 aliphatic rings. The summed E-state index contributed by atoms with van der Waals surface area (Å²) < 4.78 is 12.1. The maximum atomic E-state index is 12.9. The molecule has 1 saturated heterocycles. The second kappa shape index (κ2) is 7.69. The molecule has 0 spiro atoms. The molecule has 2 aromatic heterocycles. The van der Waals surface area contributed by atoms with Gasteiger partial charge in [0.05, 0.1) is 25.8 Å². The topological polar surface area (TPSA) is 85.2 Å². The number of hydrogen-bond acceptors (Lipinski definition) is 5. The SMILES string of the molecule is COc1cccc(NC(=O)c2nc(C(=O)N3CCOCC3)c3ccccn23)c1. The first-order chi connectivity index (χ1) is 13.7. The van der Waals surface area contributed by atoms with Crippen LogP contribution in [0.25, 0.3) is 5.52 Å². The molecule has 8 nitrogen and oxygen atoms in total. The summed E-state index contributed by atoms with van der Waals surface area (Å²) in [5, 5.41) is 2.81. The van der Waals surface area contributed by atoms with Gasteiger partial charge < -0.3 is 19.7 Å². The van der Waals surface area contributed by atoms with E-state index >= 15 is 0 Å². The number of carbonyl (C=O) groups excluding carboxylic acids is 2. The quantitative estimate of drug-likeness (QED) is 0.749. The Morgan fingerprint density at radius 2 is 1.96 bits per heavy atom. The van der Waals surface area contributed by atoms with E-state index in [1.165, 1.54) is 0 Å². The molecule has 2 amide bonds. The summed E-state index contributed by atoms with van der Waals surface area (Å²) in [4.78, 5) is 31.9. The lowest BCUT2D eigenvalue weighted by Gasteiger charge is -2.26. The predicted octanol–water partition coefficient (Wildman–Crippen LogP) is 2.07. The molecule has 0 unspecified atom stereocenters. The number of fused-ring (bicyclic) bond motifs is 1. The highest BCUT2D eigenvalue weighted by Gasteiger charge is 2.26. The van der Waals surface area contributed by atoms with Gasteiger partial charge in [-0.1, -0.05) is 12.1 Å². The molecule has 1 fully saturated rings. The van der Waals surface area contributed by atoms with Gasteiger partial charge in [0.15, 0.2) is 5.69 Å². The fourth-order valence-electron chi connectivity index (χ4n) is 3.16. The van der Waals surface area contributed by atoms with Gasteiger partial charge in [0.25, 0.3) is 11.8 Å². The van der Waals surface area contributed by atoms with Gasteiger partial charge in [-0.05, 0) is 24.3 Å². The minimum atomic E-state index is -0.407. The van der Waals surface area contributed by atoms with Gasteiger partial charge in [0.1, 0.15) is 5.75 Å². The number of carbonyl (C=O) groups is 2. The second-order valence-corrected chi connectivity index (χ2v) is 6.33. The van der Waals surface area contributed by atoms with Crippen molar-refractivity contribution >= 4 is 23.0 Å². The number of rotatable bonds is 4. The zero-order valence-electron chi connectivity index (χ0n) is 15.4. The molecule has 0 saturated carbocycles. The van der Waals surface area contributed by atoms with Crippen LogP contribution in [0.15, 0.2) is 48.7 Å². The Bertz CT molecular complexity index is 1020. The van der Waals surface area contributed by atoms with Crippen molar-refractivity contribution in [1.82, 2.24) is 14.3 Å². The maximum absolute atomic E-state index is 12.9. The molecule has 144 valence electrons. The Kier molecular flexibility index (Phi) is 4.94. The van der Waals surface area contributed by atoms with Crippen molar-refractivity contribution in [2.75, 3.05) is 38.7 Å². The number of morpholine rings is 1. The molecular weight excluding hydrogens is 360 g/mol. The Hall–Kier alpha value is -3.39. The van der Waals surface area contributed by atoms with E-state index in [1.54, 1.807) is 59.0 Å². The van der Waals surface area contributed by atoms with E-state index in [-0.39, 0.29) is 17.4 Å². The lowest BCUT2D eigenvalue weighted by Crippen LogP contribution is -2.40. The number of imidazole rings is 1. The third kappa shape index (κ3) is 3.41. The van der Waals surface area contributed by atoms with Crippen LogP contribution in [0.4, 0.5) is 5.69 Å². The Labute approximate surface area is 161 Å². The molecule has 28 heavy (non-hydrogen) atoms. The Balaban J connectivity index is 1.67. The van der Waals surface area contributed by atoms with Crippen LogP contribution in [-0.4, -0.2) is 59.5 Å². The molecule has 0 atom stereocenters. The Morgan fingerprint density at radius 1 is 1.14 bits per heavy atom. The third-order valence-corrected chi connectivity index (χ3v) is 4.58. The highest BCUT2D eigenvalue weighted by atomic mass is 16.5. The molecule has 0 bridgehead atoms. The van der Waals surface area contributed by atoms with E-state index in [9.17, 15) is 9.59 Å². The number of pyridine rings is 1. The summed E-state index contributed by atoms with van der Waals surface area (Å²) in [7, 11) is 1.56. The fraction of sp³-hybridized carbons (Fsp3) is 0.250. The van der Waals surface area contributed by atoms with Crippen LogP contribution in [-0.2, 0) is 4.74 Å². The van der Waals surface area contributed by atoms with Gasteiger partial charge in [0, 0.05) is 31.0 Å². The van der Waals surface area contributed by atoms with Crippen molar-refractivity contribution in [1.29, 1.82) is 0 Å². The first-order valence-corrected chi connectivity index (χ1v) is 8.97. The summed E-state index contributed by atoms with van der Waals surface area (Å²) >= 11 is 0.